The molecule has 3 nitrogen and oxygen atoms in total. The van der Waals surface area contributed by atoms with Crippen molar-refractivity contribution in [3.63, 3.8) is 0 Å². The molecule has 2 N–H and O–H groups in total. The normalized spacial score (nSPS) is 19.4. The van der Waals surface area contributed by atoms with Crippen LogP contribution in [0.2, 0.25) is 0 Å². The molecule has 1 atom stereocenters. The van der Waals surface area contributed by atoms with Crippen molar-refractivity contribution >= 4 is 15.9 Å². The lowest BCUT2D eigenvalue weighted by molar-refractivity contribution is 0.0861. The summed E-state index contributed by atoms with van der Waals surface area (Å²) in [4.78, 5) is 2.54. The Morgan fingerprint density at radius 3 is 2.42 bits per heavy atom. The minimum absolute atomic E-state index is 0.160. The van der Waals surface area contributed by atoms with Gasteiger partial charge in [-0.05, 0) is 39.0 Å². The molecule has 0 spiro atoms. The maximum atomic E-state index is 9.67. The van der Waals surface area contributed by atoms with Crippen molar-refractivity contribution in [3.05, 3.63) is 28.2 Å². The standard InChI is InChI=1S/C15H23BrN2O/c1-15(2,3)14(18-8-6-17-7-9-18)11-4-5-13(19)12(16)10-11/h4-5,10,14,17,19H,6-9H2,1-3H3/t14-/m1/s1. The van der Waals surface area contributed by atoms with Crippen LogP contribution in [-0.4, -0.2) is 36.2 Å². The van der Waals surface area contributed by atoms with Crippen LogP contribution in [0, 0.1) is 5.41 Å². The van der Waals surface area contributed by atoms with E-state index < -0.39 is 0 Å². The number of piperazine rings is 1. The second-order valence-electron chi connectivity index (χ2n) is 6.27. The third-order valence-corrected chi connectivity index (χ3v) is 4.26. The molecule has 0 unspecified atom stereocenters. The van der Waals surface area contributed by atoms with E-state index in [1.54, 1.807) is 6.07 Å². The quantitative estimate of drug-likeness (QED) is 0.876. The Balaban J connectivity index is 2.33. The summed E-state index contributed by atoms with van der Waals surface area (Å²) in [6.45, 7) is 11.1. The van der Waals surface area contributed by atoms with Gasteiger partial charge in [0.15, 0.2) is 0 Å². The predicted octanol–water partition coefficient (Wildman–Crippen LogP) is 3.15. The number of hydrogen-bond acceptors (Lipinski definition) is 3. The van der Waals surface area contributed by atoms with Crippen molar-refractivity contribution in [2.75, 3.05) is 26.2 Å². The van der Waals surface area contributed by atoms with Crippen molar-refractivity contribution in [1.29, 1.82) is 0 Å². The fourth-order valence-electron chi connectivity index (χ4n) is 2.89. The predicted molar refractivity (Wildman–Crippen MR) is 82.4 cm³/mol. The molecule has 19 heavy (non-hydrogen) atoms. The molecule has 0 saturated carbocycles. The maximum absolute atomic E-state index is 9.67. The van der Waals surface area contributed by atoms with E-state index in [1.807, 2.05) is 12.1 Å². The fraction of sp³-hybridized carbons (Fsp3) is 0.600. The maximum Gasteiger partial charge on any atom is 0.129 e. The van der Waals surface area contributed by atoms with Crippen LogP contribution in [0.15, 0.2) is 22.7 Å². The highest BCUT2D eigenvalue weighted by atomic mass is 79.9. The first-order valence-electron chi connectivity index (χ1n) is 6.83. The molecule has 1 heterocycles. The molecule has 1 aromatic rings. The Hall–Kier alpha value is -0.580. The number of halogens is 1. The van der Waals surface area contributed by atoms with Gasteiger partial charge in [0.25, 0.3) is 0 Å². The number of hydrogen-bond donors (Lipinski definition) is 2. The zero-order chi connectivity index (χ0) is 14.0. The molecular weight excluding hydrogens is 304 g/mol. The molecule has 2 rings (SSSR count). The molecule has 1 aliphatic rings. The highest BCUT2D eigenvalue weighted by Gasteiger charge is 2.32. The fourth-order valence-corrected chi connectivity index (χ4v) is 3.29. The summed E-state index contributed by atoms with van der Waals surface area (Å²) >= 11 is 3.42. The summed E-state index contributed by atoms with van der Waals surface area (Å²) in [5.74, 6) is 0.303. The molecule has 1 fully saturated rings. The van der Waals surface area contributed by atoms with Gasteiger partial charge in [-0.25, -0.2) is 0 Å². The molecule has 0 radical (unpaired) electrons. The zero-order valence-corrected chi connectivity index (χ0v) is 13.5. The van der Waals surface area contributed by atoms with Crippen LogP contribution < -0.4 is 5.32 Å². The second kappa shape index (κ2) is 5.81. The molecule has 0 amide bonds. The van der Waals surface area contributed by atoms with Crippen LogP contribution in [0.25, 0.3) is 0 Å². The molecule has 1 aromatic carbocycles. The number of aromatic hydroxyl groups is 1. The summed E-state index contributed by atoms with van der Waals surface area (Å²) in [5, 5.41) is 13.1. The van der Waals surface area contributed by atoms with Crippen molar-refractivity contribution < 1.29 is 5.11 Å². The summed E-state index contributed by atoms with van der Waals surface area (Å²) in [5.41, 5.74) is 1.42. The number of phenolic OH excluding ortho intramolecular Hbond substituents is 1. The third-order valence-electron chi connectivity index (χ3n) is 3.62. The van der Waals surface area contributed by atoms with E-state index in [4.69, 9.17) is 0 Å². The smallest absolute Gasteiger partial charge is 0.129 e. The van der Waals surface area contributed by atoms with Gasteiger partial charge in [0, 0.05) is 32.2 Å². The van der Waals surface area contributed by atoms with Crippen LogP contribution in [0.1, 0.15) is 32.4 Å². The molecule has 4 heteroatoms. The highest BCUT2D eigenvalue weighted by Crippen LogP contribution is 2.40. The van der Waals surface area contributed by atoms with E-state index >= 15 is 0 Å². The number of nitrogens with one attached hydrogen (secondary N) is 1. The molecule has 1 saturated heterocycles. The van der Waals surface area contributed by atoms with Crippen LogP contribution in [-0.2, 0) is 0 Å². The van der Waals surface area contributed by atoms with E-state index in [0.29, 0.717) is 11.8 Å². The average molecular weight is 327 g/mol. The van der Waals surface area contributed by atoms with Gasteiger partial charge in [0.05, 0.1) is 4.47 Å². The molecule has 1 aliphatic heterocycles. The lowest BCUT2D eigenvalue weighted by Gasteiger charge is -2.42. The van der Waals surface area contributed by atoms with Gasteiger partial charge in [-0.1, -0.05) is 26.8 Å². The highest BCUT2D eigenvalue weighted by molar-refractivity contribution is 9.10. The average Bonchev–Trinajstić information content (AvgIpc) is 2.34. The van der Waals surface area contributed by atoms with Gasteiger partial charge >= 0.3 is 0 Å². The minimum atomic E-state index is 0.160. The summed E-state index contributed by atoms with van der Waals surface area (Å²) in [6.07, 6.45) is 0. The molecular formula is C15H23BrN2O. The van der Waals surface area contributed by atoms with Crippen LogP contribution in [0.5, 0.6) is 5.75 Å². The number of phenols is 1. The van der Waals surface area contributed by atoms with E-state index in [1.165, 1.54) is 5.56 Å². The Morgan fingerprint density at radius 2 is 1.89 bits per heavy atom. The van der Waals surface area contributed by atoms with Gasteiger partial charge in [-0.15, -0.1) is 0 Å². The van der Waals surface area contributed by atoms with Gasteiger partial charge in [0.1, 0.15) is 5.75 Å². The van der Waals surface area contributed by atoms with Crippen LogP contribution in [0.4, 0.5) is 0 Å². The largest absolute Gasteiger partial charge is 0.507 e. The Kier molecular flexibility index (Phi) is 4.54. The lowest BCUT2D eigenvalue weighted by atomic mass is 9.81. The van der Waals surface area contributed by atoms with Crippen molar-refractivity contribution in [2.45, 2.75) is 26.8 Å². The van der Waals surface area contributed by atoms with Crippen LogP contribution in [0.3, 0.4) is 0 Å². The molecule has 0 bridgehead atoms. The lowest BCUT2D eigenvalue weighted by Crippen LogP contribution is -2.48. The number of nitrogens with zero attached hydrogens (tertiary/aromatic N) is 1. The molecule has 106 valence electrons. The van der Waals surface area contributed by atoms with Gasteiger partial charge in [0.2, 0.25) is 0 Å². The number of rotatable bonds is 2. The van der Waals surface area contributed by atoms with E-state index in [-0.39, 0.29) is 5.41 Å². The monoisotopic (exact) mass is 326 g/mol. The van der Waals surface area contributed by atoms with Gasteiger partial charge in [-0.3, -0.25) is 4.90 Å². The van der Waals surface area contributed by atoms with E-state index in [9.17, 15) is 5.11 Å². The minimum Gasteiger partial charge on any atom is -0.507 e. The van der Waals surface area contributed by atoms with Gasteiger partial charge in [-0.2, -0.15) is 0 Å². The zero-order valence-electron chi connectivity index (χ0n) is 11.9. The van der Waals surface area contributed by atoms with Crippen molar-refractivity contribution in [2.24, 2.45) is 5.41 Å². The summed E-state index contributed by atoms with van der Waals surface area (Å²) < 4.78 is 0.773. The number of benzene rings is 1. The SMILES string of the molecule is CC(C)(C)[C@@H](c1ccc(O)c(Br)c1)N1CCNCC1. The Bertz CT molecular complexity index is 436. The van der Waals surface area contributed by atoms with Crippen molar-refractivity contribution in [3.8, 4) is 5.75 Å². The molecule has 0 aliphatic carbocycles. The Labute approximate surface area is 124 Å². The second-order valence-corrected chi connectivity index (χ2v) is 7.12. The van der Waals surface area contributed by atoms with Crippen molar-refractivity contribution in [1.82, 2.24) is 10.2 Å². The third kappa shape index (κ3) is 3.50. The van der Waals surface area contributed by atoms with E-state index in [2.05, 4.69) is 46.9 Å². The molecule has 0 aromatic heterocycles. The first-order chi connectivity index (χ1) is 8.89. The van der Waals surface area contributed by atoms with Crippen LogP contribution >= 0.6 is 15.9 Å². The Morgan fingerprint density at radius 1 is 1.26 bits per heavy atom. The summed E-state index contributed by atoms with van der Waals surface area (Å²) in [6, 6.07) is 6.23. The van der Waals surface area contributed by atoms with Gasteiger partial charge < -0.3 is 10.4 Å². The van der Waals surface area contributed by atoms with E-state index in [0.717, 1.165) is 30.7 Å². The first-order valence-corrected chi connectivity index (χ1v) is 7.62. The summed E-state index contributed by atoms with van der Waals surface area (Å²) in [7, 11) is 0. The topological polar surface area (TPSA) is 35.5 Å². The first kappa shape index (κ1) is 14.8.